The average molecular weight is 258 g/mol. The Bertz CT molecular complexity index is 471. The maximum atomic E-state index is 4.31. The van der Waals surface area contributed by atoms with E-state index in [0.29, 0.717) is 0 Å². The molecule has 0 atom stereocenters. The number of anilines is 1. The molecule has 0 radical (unpaired) electrons. The third-order valence-electron chi connectivity index (χ3n) is 2.54. The Labute approximate surface area is 113 Å². The van der Waals surface area contributed by atoms with Crippen molar-refractivity contribution >= 4 is 17.6 Å². The summed E-state index contributed by atoms with van der Waals surface area (Å²) in [5, 5.41) is 3.31. The van der Waals surface area contributed by atoms with Crippen molar-refractivity contribution in [1.82, 2.24) is 4.98 Å². The zero-order valence-corrected chi connectivity index (χ0v) is 11.4. The van der Waals surface area contributed by atoms with Gasteiger partial charge < -0.3 is 5.32 Å². The summed E-state index contributed by atoms with van der Waals surface area (Å²) in [5.74, 6) is 1.97. The van der Waals surface area contributed by atoms with Crippen molar-refractivity contribution in [2.75, 3.05) is 11.9 Å². The van der Waals surface area contributed by atoms with E-state index in [2.05, 4.69) is 53.6 Å². The van der Waals surface area contributed by atoms with Crippen molar-refractivity contribution in [3.63, 3.8) is 0 Å². The fourth-order valence-electron chi connectivity index (χ4n) is 1.59. The van der Waals surface area contributed by atoms with Crippen molar-refractivity contribution in [3.8, 4) is 0 Å². The second-order valence-electron chi connectivity index (χ2n) is 4.08. The first-order valence-electron chi connectivity index (χ1n) is 6.25. The van der Waals surface area contributed by atoms with Gasteiger partial charge in [0.2, 0.25) is 0 Å². The molecule has 94 valence electrons. The molecule has 1 N–H and O–H groups in total. The van der Waals surface area contributed by atoms with Crippen molar-refractivity contribution in [1.29, 1.82) is 0 Å². The number of pyridine rings is 1. The Balaban J connectivity index is 1.93. The highest BCUT2D eigenvalue weighted by molar-refractivity contribution is 7.98. The molecule has 0 saturated carbocycles. The second kappa shape index (κ2) is 7.07. The monoisotopic (exact) mass is 258 g/mol. The summed E-state index contributed by atoms with van der Waals surface area (Å²) in [6.07, 6.45) is 2.98. The molecule has 1 heterocycles. The zero-order chi connectivity index (χ0) is 12.6. The Morgan fingerprint density at radius 1 is 1.17 bits per heavy atom. The van der Waals surface area contributed by atoms with Crippen LogP contribution < -0.4 is 5.32 Å². The third kappa shape index (κ3) is 4.08. The van der Waals surface area contributed by atoms with Gasteiger partial charge in [-0.2, -0.15) is 0 Å². The van der Waals surface area contributed by atoms with E-state index in [1.54, 1.807) is 0 Å². The number of aromatic nitrogens is 1. The second-order valence-corrected chi connectivity index (χ2v) is 5.13. The molecule has 1 aromatic heterocycles. The van der Waals surface area contributed by atoms with Gasteiger partial charge in [0.15, 0.2) is 0 Å². The Hall–Kier alpha value is -1.48. The number of nitrogens with zero attached hydrogens (tertiary/aromatic N) is 1. The summed E-state index contributed by atoms with van der Waals surface area (Å²) in [7, 11) is 0. The molecule has 0 aliphatic heterocycles. The Morgan fingerprint density at radius 2 is 2.00 bits per heavy atom. The van der Waals surface area contributed by atoms with Crippen LogP contribution >= 0.6 is 11.8 Å². The van der Waals surface area contributed by atoms with Crippen LogP contribution in [0.2, 0.25) is 0 Å². The van der Waals surface area contributed by atoms with Gasteiger partial charge in [-0.1, -0.05) is 37.3 Å². The largest absolute Gasteiger partial charge is 0.370 e. The minimum atomic E-state index is 0.968. The van der Waals surface area contributed by atoms with E-state index >= 15 is 0 Å². The maximum absolute atomic E-state index is 4.31. The molecule has 0 bridgehead atoms. The summed E-state index contributed by atoms with van der Waals surface area (Å²) in [6, 6.07) is 14.7. The van der Waals surface area contributed by atoms with Gasteiger partial charge in [0.25, 0.3) is 0 Å². The normalized spacial score (nSPS) is 10.3. The first-order valence-corrected chi connectivity index (χ1v) is 7.23. The van der Waals surface area contributed by atoms with Gasteiger partial charge in [0.05, 0.1) is 0 Å². The molecule has 0 spiro atoms. The molecule has 18 heavy (non-hydrogen) atoms. The highest BCUT2D eigenvalue weighted by atomic mass is 32.2. The summed E-state index contributed by atoms with van der Waals surface area (Å²) in [4.78, 5) is 5.56. The molecule has 2 nitrogen and oxygen atoms in total. The van der Waals surface area contributed by atoms with E-state index in [1.165, 1.54) is 10.5 Å². The molecule has 0 aliphatic rings. The quantitative estimate of drug-likeness (QED) is 0.786. The van der Waals surface area contributed by atoms with Crippen LogP contribution in [0.15, 0.2) is 53.6 Å². The lowest BCUT2D eigenvalue weighted by atomic mass is 10.2. The molecule has 2 rings (SSSR count). The molecular weight excluding hydrogens is 240 g/mol. The Morgan fingerprint density at radius 3 is 2.78 bits per heavy atom. The van der Waals surface area contributed by atoms with Gasteiger partial charge in [-0.15, -0.1) is 11.8 Å². The molecule has 1 aromatic carbocycles. The van der Waals surface area contributed by atoms with Gasteiger partial charge in [-0.3, -0.25) is 0 Å². The molecule has 3 heteroatoms. The highest BCUT2D eigenvalue weighted by Crippen LogP contribution is 2.23. The summed E-state index contributed by atoms with van der Waals surface area (Å²) in [5.41, 5.74) is 1.35. The lowest BCUT2D eigenvalue weighted by molar-refractivity contribution is 0.967. The van der Waals surface area contributed by atoms with Gasteiger partial charge in [-0.05, 0) is 24.1 Å². The summed E-state index contributed by atoms with van der Waals surface area (Å²) >= 11 is 1.84. The fraction of sp³-hybridized carbons (Fsp3) is 0.267. The number of rotatable bonds is 6. The van der Waals surface area contributed by atoms with Crippen LogP contribution in [0.4, 0.5) is 5.82 Å². The molecule has 0 fully saturated rings. The minimum Gasteiger partial charge on any atom is -0.370 e. The number of benzene rings is 1. The zero-order valence-electron chi connectivity index (χ0n) is 10.6. The van der Waals surface area contributed by atoms with Crippen molar-refractivity contribution in [3.05, 3.63) is 54.2 Å². The molecule has 0 unspecified atom stereocenters. The molecule has 2 aromatic rings. The number of hydrogen-bond donors (Lipinski definition) is 1. The fourth-order valence-corrected chi connectivity index (χ4v) is 2.47. The first kappa shape index (κ1) is 13.0. The predicted octanol–water partition coefficient (Wildman–Crippen LogP) is 4.20. The lowest BCUT2D eigenvalue weighted by Gasteiger charge is -2.06. The van der Waals surface area contributed by atoms with Crippen LogP contribution in [0.25, 0.3) is 0 Å². The van der Waals surface area contributed by atoms with E-state index in [-0.39, 0.29) is 0 Å². The SMILES string of the molecule is CCCNc1cc(SCc2ccccc2)ccn1. The van der Waals surface area contributed by atoms with Gasteiger partial charge in [0.1, 0.15) is 5.82 Å². The first-order chi connectivity index (χ1) is 8.88. The molecular formula is C15H18N2S. The Kier molecular flexibility index (Phi) is 5.09. The van der Waals surface area contributed by atoms with Crippen molar-refractivity contribution in [2.24, 2.45) is 0 Å². The lowest BCUT2D eigenvalue weighted by Crippen LogP contribution is -2.01. The van der Waals surface area contributed by atoms with Crippen LogP contribution in [0.1, 0.15) is 18.9 Å². The van der Waals surface area contributed by atoms with Crippen LogP contribution in [-0.2, 0) is 5.75 Å². The van der Waals surface area contributed by atoms with E-state index in [1.807, 2.05) is 24.0 Å². The minimum absolute atomic E-state index is 0.968. The van der Waals surface area contributed by atoms with E-state index < -0.39 is 0 Å². The molecule has 0 saturated heterocycles. The standard InChI is InChI=1S/C15H18N2S/c1-2-9-16-15-11-14(8-10-17-15)18-12-13-6-4-3-5-7-13/h3-8,10-11H,2,9,12H2,1H3,(H,16,17). The highest BCUT2D eigenvalue weighted by Gasteiger charge is 1.98. The maximum Gasteiger partial charge on any atom is 0.126 e. The summed E-state index contributed by atoms with van der Waals surface area (Å²) in [6.45, 7) is 3.13. The van der Waals surface area contributed by atoms with Gasteiger partial charge in [0, 0.05) is 23.4 Å². The van der Waals surface area contributed by atoms with Gasteiger partial charge >= 0.3 is 0 Å². The predicted molar refractivity (Wildman–Crippen MR) is 79.0 cm³/mol. The number of nitrogens with one attached hydrogen (secondary N) is 1. The molecule has 0 amide bonds. The van der Waals surface area contributed by atoms with Gasteiger partial charge in [-0.25, -0.2) is 4.98 Å². The topological polar surface area (TPSA) is 24.9 Å². The van der Waals surface area contributed by atoms with Crippen LogP contribution in [-0.4, -0.2) is 11.5 Å². The number of thioether (sulfide) groups is 1. The summed E-state index contributed by atoms with van der Waals surface area (Å²) < 4.78 is 0. The van der Waals surface area contributed by atoms with E-state index in [4.69, 9.17) is 0 Å². The van der Waals surface area contributed by atoms with E-state index in [9.17, 15) is 0 Å². The third-order valence-corrected chi connectivity index (χ3v) is 3.60. The van der Waals surface area contributed by atoms with Crippen LogP contribution in [0.3, 0.4) is 0 Å². The van der Waals surface area contributed by atoms with E-state index in [0.717, 1.165) is 24.5 Å². The molecule has 0 aliphatic carbocycles. The van der Waals surface area contributed by atoms with Crippen LogP contribution in [0.5, 0.6) is 0 Å². The van der Waals surface area contributed by atoms with Crippen molar-refractivity contribution in [2.45, 2.75) is 24.0 Å². The van der Waals surface area contributed by atoms with Crippen molar-refractivity contribution < 1.29 is 0 Å². The van der Waals surface area contributed by atoms with Crippen LogP contribution in [0, 0.1) is 0 Å². The number of hydrogen-bond acceptors (Lipinski definition) is 3. The average Bonchev–Trinajstić information content (AvgIpc) is 2.44. The smallest absolute Gasteiger partial charge is 0.126 e.